The Balaban J connectivity index is 2.12. The van der Waals surface area contributed by atoms with E-state index in [1.165, 1.54) is 0 Å². The van der Waals surface area contributed by atoms with E-state index in [1.54, 1.807) is 24.3 Å². The first-order valence-corrected chi connectivity index (χ1v) is 6.26. The predicted molar refractivity (Wildman–Crippen MR) is 75.1 cm³/mol. The van der Waals surface area contributed by atoms with Crippen LogP contribution < -0.4 is 5.73 Å². The molecule has 0 radical (unpaired) electrons. The molecule has 0 unspecified atom stereocenters. The molecule has 2 rings (SSSR count). The maximum Gasteiger partial charge on any atom is 0.193 e. The summed E-state index contributed by atoms with van der Waals surface area (Å²) in [5, 5.41) is 8.91. The molecule has 19 heavy (non-hydrogen) atoms. The third-order valence-corrected chi connectivity index (χ3v) is 2.98. The van der Waals surface area contributed by atoms with E-state index in [-0.39, 0.29) is 18.4 Å². The van der Waals surface area contributed by atoms with E-state index in [9.17, 15) is 4.79 Å². The second kappa shape index (κ2) is 6.27. The predicted octanol–water partition coefficient (Wildman–Crippen LogP) is 1.78. The van der Waals surface area contributed by atoms with E-state index >= 15 is 0 Å². The molecule has 0 saturated carbocycles. The van der Waals surface area contributed by atoms with Gasteiger partial charge in [-0.3, -0.25) is 4.79 Å². The molecule has 2 aromatic rings. The second-order valence-electron chi connectivity index (χ2n) is 4.54. The molecular formula is C16H17NO2. The van der Waals surface area contributed by atoms with Crippen molar-refractivity contribution in [2.45, 2.75) is 12.5 Å². The van der Waals surface area contributed by atoms with Crippen LogP contribution in [0.2, 0.25) is 0 Å². The smallest absolute Gasteiger partial charge is 0.193 e. The molecule has 0 bridgehead atoms. The highest BCUT2D eigenvalue weighted by molar-refractivity contribution is 6.08. The number of carbonyl (C=O) groups is 1. The van der Waals surface area contributed by atoms with Crippen molar-refractivity contribution in [2.24, 2.45) is 5.73 Å². The number of aliphatic hydroxyl groups is 1. The molecule has 0 aliphatic carbocycles. The van der Waals surface area contributed by atoms with Gasteiger partial charge in [0.2, 0.25) is 0 Å². The zero-order chi connectivity index (χ0) is 13.7. The highest BCUT2D eigenvalue weighted by atomic mass is 16.3. The van der Waals surface area contributed by atoms with Gasteiger partial charge in [-0.1, -0.05) is 54.6 Å². The van der Waals surface area contributed by atoms with Crippen molar-refractivity contribution in [3.63, 3.8) is 0 Å². The third kappa shape index (κ3) is 3.50. The van der Waals surface area contributed by atoms with Crippen molar-refractivity contribution in [1.82, 2.24) is 0 Å². The maximum atomic E-state index is 12.2. The summed E-state index contributed by atoms with van der Waals surface area (Å²) in [6.07, 6.45) is 0.607. The van der Waals surface area contributed by atoms with Gasteiger partial charge in [-0.2, -0.15) is 0 Å². The van der Waals surface area contributed by atoms with Gasteiger partial charge in [-0.15, -0.1) is 0 Å². The van der Waals surface area contributed by atoms with Crippen molar-refractivity contribution >= 4 is 5.78 Å². The highest BCUT2D eigenvalue weighted by Gasteiger charge is 2.08. The van der Waals surface area contributed by atoms with Crippen LogP contribution in [-0.4, -0.2) is 23.5 Å². The summed E-state index contributed by atoms with van der Waals surface area (Å²) < 4.78 is 0. The highest BCUT2D eigenvalue weighted by Crippen LogP contribution is 2.11. The van der Waals surface area contributed by atoms with Crippen LogP contribution in [0.15, 0.2) is 54.6 Å². The van der Waals surface area contributed by atoms with E-state index in [0.717, 1.165) is 5.56 Å². The Labute approximate surface area is 112 Å². The van der Waals surface area contributed by atoms with Crippen LogP contribution >= 0.6 is 0 Å². The second-order valence-corrected chi connectivity index (χ2v) is 4.54. The van der Waals surface area contributed by atoms with Crippen molar-refractivity contribution < 1.29 is 9.90 Å². The summed E-state index contributed by atoms with van der Waals surface area (Å²) >= 11 is 0. The normalized spacial score (nSPS) is 12.1. The molecule has 0 aromatic heterocycles. The molecule has 3 heteroatoms. The van der Waals surface area contributed by atoms with Crippen LogP contribution in [-0.2, 0) is 6.42 Å². The number of carbonyl (C=O) groups excluding carboxylic acids is 1. The molecule has 2 aromatic carbocycles. The quantitative estimate of drug-likeness (QED) is 0.800. The zero-order valence-corrected chi connectivity index (χ0v) is 10.6. The fourth-order valence-electron chi connectivity index (χ4n) is 1.92. The fraction of sp³-hybridized carbons (Fsp3) is 0.188. The van der Waals surface area contributed by atoms with Crippen LogP contribution in [0.25, 0.3) is 0 Å². The Morgan fingerprint density at radius 1 is 1.00 bits per heavy atom. The van der Waals surface area contributed by atoms with Crippen molar-refractivity contribution in [3.05, 3.63) is 71.3 Å². The minimum Gasteiger partial charge on any atom is -0.395 e. The lowest BCUT2D eigenvalue weighted by molar-refractivity contribution is 0.103. The van der Waals surface area contributed by atoms with Gasteiger partial charge in [-0.25, -0.2) is 0 Å². The monoisotopic (exact) mass is 255 g/mol. The minimum atomic E-state index is -0.254. The van der Waals surface area contributed by atoms with Gasteiger partial charge in [0.1, 0.15) is 0 Å². The number of aliphatic hydroxyl groups excluding tert-OH is 1. The van der Waals surface area contributed by atoms with Crippen LogP contribution in [0.4, 0.5) is 0 Å². The molecule has 0 amide bonds. The molecule has 0 spiro atoms. The standard InChI is InChI=1S/C16H17NO2/c17-15(11-18)10-12-6-8-14(9-7-12)16(19)13-4-2-1-3-5-13/h1-9,15,18H,10-11,17H2/t15-/m1/s1. The van der Waals surface area contributed by atoms with Crippen LogP contribution in [0, 0.1) is 0 Å². The Morgan fingerprint density at radius 2 is 1.58 bits per heavy atom. The van der Waals surface area contributed by atoms with Gasteiger partial charge < -0.3 is 10.8 Å². The maximum absolute atomic E-state index is 12.2. The van der Waals surface area contributed by atoms with Gasteiger partial charge in [0.15, 0.2) is 5.78 Å². The number of hydrogen-bond acceptors (Lipinski definition) is 3. The van der Waals surface area contributed by atoms with E-state index < -0.39 is 0 Å². The van der Waals surface area contributed by atoms with Crippen molar-refractivity contribution in [1.29, 1.82) is 0 Å². The molecule has 3 nitrogen and oxygen atoms in total. The average Bonchev–Trinajstić information content (AvgIpc) is 2.48. The summed E-state index contributed by atoms with van der Waals surface area (Å²) in [6, 6.07) is 16.3. The van der Waals surface area contributed by atoms with Gasteiger partial charge >= 0.3 is 0 Å². The van der Waals surface area contributed by atoms with Crippen molar-refractivity contribution in [3.8, 4) is 0 Å². The van der Waals surface area contributed by atoms with Gasteiger partial charge in [0.05, 0.1) is 6.61 Å². The lowest BCUT2D eigenvalue weighted by Gasteiger charge is -2.08. The number of benzene rings is 2. The Hall–Kier alpha value is -1.97. The first-order valence-electron chi connectivity index (χ1n) is 6.26. The number of nitrogens with two attached hydrogens (primary N) is 1. The number of hydrogen-bond donors (Lipinski definition) is 2. The molecule has 1 atom stereocenters. The molecule has 0 saturated heterocycles. The van der Waals surface area contributed by atoms with Crippen LogP contribution in [0.5, 0.6) is 0 Å². The lowest BCUT2D eigenvalue weighted by Crippen LogP contribution is -2.26. The molecular weight excluding hydrogens is 238 g/mol. The SMILES string of the molecule is N[C@@H](CO)Cc1ccc(C(=O)c2ccccc2)cc1. The molecule has 3 N–H and O–H groups in total. The third-order valence-electron chi connectivity index (χ3n) is 2.98. The summed E-state index contributed by atoms with van der Waals surface area (Å²) in [5.41, 5.74) is 8.04. The average molecular weight is 255 g/mol. The van der Waals surface area contributed by atoms with Crippen LogP contribution in [0.1, 0.15) is 21.5 Å². The first kappa shape index (κ1) is 13.5. The fourth-order valence-corrected chi connectivity index (χ4v) is 1.92. The van der Waals surface area contributed by atoms with Gasteiger partial charge in [0, 0.05) is 17.2 Å². The van der Waals surface area contributed by atoms with Gasteiger partial charge in [-0.05, 0) is 12.0 Å². The zero-order valence-electron chi connectivity index (χ0n) is 10.6. The Morgan fingerprint density at radius 3 is 2.16 bits per heavy atom. The number of rotatable bonds is 5. The van der Waals surface area contributed by atoms with Crippen molar-refractivity contribution in [2.75, 3.05) is 6.61 Å². The Bertz CT molecular complexity index is 534. The summed E-state index contributed by atoms with van der Waals surface area (Å²) in [6.45, 7) is -0.0370. The van der Waals surface area contributed by atoms with Gasteiger partial charge in [0.25, 0.3) is 0 Å². The molecule has 0 heterocycles. The molecule has 0 aliphatic heterocycles. The molecule has 0 aliphatic rings. The summed E-state index contributed by atoms with van der Waals surface area (Å²) in [7, 11) is 0. The lowest BCUT2D eigenvalue weighted by atomic mass is 10.00. The largest absolute Gasteiger partial charge is 0.395 e. The first-order chi connectivity index (χ1) is 9.20. The van der Waals surface area contributed by atoms with E-state index in [1.807, 2.05) is 30.3 Å². The molecule has 98 valence electrons. The topological polar surface area (TPSA) is 63.3 Å². The molecule has 0 fully saturated rings. The summed E-state index contributed by atoms with van der Waals surface area (Å²) in [4.78, 5) is 12.2. The van der Waals surface area contributed by atoms with E-state index in [0.29, 0.717) is 17.5 Å². The van der Waals surface area contributed by atoms with Crippen LogP contribution in [0.3, 0.4) is 0 Å². The summed E-state index contributed by atoms with van der Waals surface area (Å²) in [5.74, 6) is 0.0126. The van der Waals surface area contributed by atoms with E-state index in [2.05, 4.69) is 0 Å². The number of ketones is 1. The minimum absolute atomic E-state index is 0.0126. The van der Waals surface area contributed by atoms with E-state index in [4.69, 9.17) is 10.8 Å². The Kier molecular flexibility index (Phi) is 4.44.